The molecule has 1 aliphatic heterocycles. The molecule has 0 bridgehead atoms. The quantitative estimate of drug-likeness (QED) is 0.565. The second-order valence-corrected chi connectivity index (χ2v) is 9.32. The number of amides is 1. The van der Waals surface area contributed by atoms with E-state index in [1.54, 1.807) is 24.0 Å². The third-order valence-electron chi connectivity index (χ3n) is 4.46. The summed E-state index contributed by atoms with van der Waals surface area (Å²) in [7, 11) is -3.91. The van der Waals surface area contributed by atoms with Gasteiger partial charge in [-0.1, -0.05) is 6.07 Å². The van der Waals surface area contributed by atoms with E-state index < -0.39 is 16.1 Å². The summed E-state index contributed by atoms with van der Waals surface area (Å²) in [5.41, 5.74) is 0.857. The summed E-state index contributed by atoms with van der Waals surface area (Å²) in [5.74, 6) is 1.17. The van der Waals surface area contributed by atoms with Crippen LogP contribution >= 0.6 is 11.8 Å². The van der Waals surface area contributed by atoms with Gasteiger partial charge in [0.05, 0.1) is 4.90 Å². The highest BCUT2D eigenvalue weighted by atomic mass is 32.2. The maximum absolute atomic E-state index is 12.9. The summed E-state index contributed by atoms with van der Waals surface area (Å²) in [4.78, 5) is 16.9. The summed E-state index contributed by atoms with van der Waals surface area (Å²) in [6.45, 7) is 1.16. The first kappa shape index (κ1) is 22.4. The molecule has 0 unspecified atom stereocenters. The van der Waals surface area contributed by atoms with E-state index in [-0.39, 0.29) is 10.8 Å². The Morgan fingerprint density at radius 2 is 2.00 bits per heavy atom. The molecule has 0 aliphatic carbocycles. The van der Waals surface area contributed by atoms with E-state index in [0.717, 1.165) is 5.69 Å². The van der Waals surface area contributed by atoms with Crippen LogP contribution in [-0.2, 0) is 21.2 Å². The molecule has 8 nitrogen and oxygen atoms in total. The van der Waals surface area contributed by atoms with E-state index in [2.05, 4.69) is 15.0 Å². The first-order valence-corrected chi connectivity index (χ1v) is 12.5. The molecule has 1 aromatic carbocycles. The van der Waals surface area contributed by atoms with Crippen molar-refractivity contribution in [2.75, 3.05) is 31.8 Å². The predicted molar refractivity (Wildman–Crippen MR) is 115 cm³/mol. The Bertz CT molecular complexity index is 954. The molecule has 0 saturated carbocycles. The fourth-order valence-electron chi connectivity index (χ4n) is 2.91. The van der Waals surface area contributed by atoms with Crippen molar-refractivity contribution in [1.82, 2.24) is 15.0 Å². The lowest BCUT2D eigenvalue weighted by atomic mass is 10.2. The van der Waals surface area contributed by atoms with E-state index in [4.69, 9.17) is 9.47 Å². The molecule has 3 rings (SSSR count). The molecular formula is C20H25N3O5S2. The Morgan fingerprint density at radius 1 is 1.20 bits per heavy atom. The van der Waals surface area contributed by atoms with Gasteiger partial charge in [0.1, 0.15) is 19.3 Å². The largest absolute Gasteiger partial charge is 0.486 e. The Morgan fingerprint density at radius 3 is 2.73 bits per heavy atom. The average molecular weight is 452 g/mol. The molecule has 1 aliphatic rings. The lowest BCUT2D eigenvalue weighted by molar-refractivity contribution is -0.122. The van der Waals surface area contributed by atoms with E-state index in [0.29, 0.717) is 49.9 Å². The number of nitrogens with one attached hydrogen (secondary N) is 2. The molecule has 1 atom stereocenters. The number of carbonyl (C=O) groups is 1. The zero-order valence-corrected chi connectivity index (χ0v) is 18.3. The monoisotopic (exact) mass is 451 g/mol. The minimum absolute atomic E-state index is 0.0298. The third kappa shape index (κ3) is 6.10. The van der Waals surface area contributed by atoms with E-state index >= 15 is 0 Å². The molecule has 2 N–H and O–H groups in total. The molecule has 1 amide bonds. The number of benzene rings is 1. The first-order valence-electron chi connectivity index (χ1n) is 9.58. The van der Waals surface area contributed by atoms with Crippen molar-refractivity contribution < 1.29 is 22.7 Å². The van der Waals surface area contributed by atoms with Crippen LogP contribution in [0.2, 0.25) is 0 Å². The zero-order chi connectivity index (χ0) is 21.4. The van der Waals surface area contributed by atoms with Crippen molar-refractivity contribution in [3.8, 4) is 11.5 Å². The topological polar surface area (TPSA) is 107 Å². The number of aromatic nitrogens is 1. The molecule has 2 aromatic rings. The van der Waals surface area contributed by atoms with Gasteiger partial charge in [-0.05, 0) is 42.7 Å². The first-order chi connectivity index (χ1) is 14.5. The molecule has 0 fully saturated rings. The number of fused-ring (bicyclic) bond motifs is 1. The Hall–Kier alpha value is -2.30. The van der Waals surface area contributed by atoms with Crippen LogP contribution in [-0.4, -0.2) is 57.1 Å². The molecule has 1 aromatic heterocycles. The van der Waals surface area contributed by atoms with Crippen molar-refractivity contribution in [2.45, 2.75) is 23.8 Å². The number of thioether (sulfide) groups is 1. The predicted octanol–water partition coefficient (Wildman–Crippen LogP) is 1.61. The number of nitrogens with zero attached hydrogens (tertiary/aromatic N) is 1. The van der Waals surface area contributed by atoms with Gasteiger partial charge in [-0.15, -0.1) is 0 Å². The lowest BCUT2D eigenvalue weighted by Crippen LogP contribution is -2.47. The van der Waals surface area contributed by atoms with E-state index in [1.807, 2.05) is 24.5 Å². The highest BCUT2D eigenvalue weighted by Gasteiger charge is 2.26. The van der Waals surface area contributed by atoms with Crippen molar-refractivity contribution in [2.24, 2.45) is 0 Å². The van der Waals surface area contributed by atoms with Crippen molar-refractivity contribution in [1.29, 1.82) is 0 Å². The second kappa shape index (κ2) is 10.6. The minimum atomic E-state index is -3.91. The van der Waals surface area contributed by atoms with Gasteiger partial charge in [-0.3, -0.25) is 9.78 Å². The van der Waals surface area contributed by atoms with Gasteiger partial charge >= 0.3 is 0 Å². The molecule has 30 heavy (non-hydrogen) atoms. The molecule has 10 heteroatoms. The van der Waals surface area contributed by atoms with Gasteiger partial charge in [0, 0.05) is 30.9 Å². The van der Waals surface area contributed by atoms with Crippen LogP contribution in [0, 0.1) is 0 Å². The Kier molecular flexibility index (Phi) is 7.94. The standard InChI is InChI=1S/C20H25N3O5S2/c1-29-13-8-17(20(24)22-10-7-15-4-2-3-9-21-15)23-30(25,26)16-5-6-18-19(14-16)28-12-11-27-18/h2-6,9,14,17,23H,7-8,10-13H2,1H3,(H,22,24)/t17-/m0/s1. The van der Waals surface area contributed by atoms with Gasteiger partial charge in [-0.25, -0.2) is 8.42 Å². The van der Waals surface area contributed by atoms with Gasteiger partial charge in [0.2, 0.25) is 15.9 Å². The van der Waals surface area contributed by atoms with Crippen molar-refractivity contribution in [3.05, 3.63) is 48.3 Å². The summed E-state index contributed by atoms with van der Waals surface area (Å²) >= 11 is 1.55. The number of ether oxygens (including phenoxy) is 2. The number of sulfonamides is 1. The average Bonchev–Trinajstić information content (AvgIpc) is 2.77. The summed E-state index contributed by atoms with van der Waals surface area (Å²) in [6, 6.07) is 9.14. The highest BCUT2D eigenvalue weighted by Crippen LogP contribution is 2.32. The van der Waals surface area contributed by atoms with Crippen LogP contribution in [0.5, 0.6) is 11.5 Å². The fourth-order valence-corrected chi connectivity index (χ4v) is 4.62. The maximum atomic E-state index is 12.9. The van der Waals surface area contributed by atoms with Crippen LogP contribution in [0.25, 0.3) is 0 Å². The second-order valence-electron chi connectivity index (χ2n) is 6.62. The number of carbonyl (C=O) groups excluding carboxylic acids is 1. The van der Waals surface area contributed by atoms with Crippen LogP contribution in [0.3, 0.4) is 0 Å². The SMILES string of the molecule is CSCC[C@H](NS(=O)(=O)c1ccc2c(c1)OCCO2)C(=O)NCCc1ccccn1. The van der Waals surface area contributed by atoms with Crippen LogP contribution < -0.4 is 19.5 Å². The van der Waals surface area contributed by atoms with Crippen LogP contribution in [0.15, 0.2) is 47.5 Å². The Balaban J connectivity index is 1.65. The lowest BCUT2D eigenvalue weighted by Gasteiger charge is -2.21. The zero-order valence-electron chi connectivity index (χ0n) is 16.7. The normalized spacial score (nSPS) is 14.2. The van der Waals surface area contributed by atoms with E-state index in [9.17, 15) is 13.2 Å². The summed E-state index contributed by atoms with van der Waals surface area (Å²) < 4.78 is 39.2. The summed E-state index contributed by atoms with van der Waals surface area (Å²) in [6.07, 6.45) is 4.54. The molecule has 0 spiro atoms. The minimum Gasteiger partial charge on any atom is -0.486 e. The number of hydrogen-bond acceptors (Lipinski definition) is 7. The molecular weight excluding hydrogens is 426 g/mol. The maximum Gasteiger partial charge on any atom is 0.241 e. The van der Waals surface area contributed by atoms with E-state index in [1.165, 1.54) is 12.1 Å². The molecule has 162 valence electrons. The van der Waals surface area contributed by atoms with Gasteiger partial charge < -0.3 is 14.8 Å². The van der Waals surface area contributed by atoms with Gasteiger partial charge in [0.25, 0.3) is 0 Å². The Labute approximate surface area is 180 Å². The highest BCUT2D eigenvalue weighted by molar-refractivity contribution is 7.98. The van der Waals surface area contributed by atoms with Gasteiger partial charge in [0.15, 0.2) is 11.5 Å². The fraction of sp³-hybridized carbons (Fsp3) is 0.400. The summed E-state index contributed by atoms with van der Waals surface area (Å²) in [5, 5.41) is 2.80. The van der Waals surface area contributed by atoms with Gasteiger partial charge in [-0.2, -0.15) is 16.5 Å². The number of pyridine rings is 1. The van der Waals surface area contributed by atoms with Crippen molar-refractivity contribution >= 4 is 27.7 Å². The molecule has 2 heterocycles. The van der Waals surface area contributed by atoms with Crippen LogP contribution in [0.1, 0.15) is 12.1 Å². The molecule has 0 radical (unpaired) electrons. The smallest absolute Gasteiger partial charge is 0.241 e. The molecule has 0 saturated heterocycles. The number of hydrogen-bond donors (Lipinski definition) is 2. The van der Waals surface area contributed by atoms with Crippen molar-refractivity contribution in [3.63, 3.8) is 0 Å². The van der Waals surface area contributed by atoms with Crippen LogP contribution in [0.4, 0.5) is 0 Å². The number of rotatable bonds is 10. The third-order valence-corrected chi connectivity index (χ3v) is 6.57.